The van der Waals surface area contributed by atoms with Crippen LogP contribution >= 0.6 is 11.8 Å². The maximum absolute atomic E-state index is 15.2. The van der Waals surface area contributed by atoms with Crippen LogP contribution in [0.1, 0.15) is 59.9 Å². The number of aliphatic hydroxyl groups is 1. The molecule has 3 aliphatic heterocycles. The van der Waals surface area contributed by atoms with Crippen LogP contribution in [0.4, 0.5) is 0 Å². The molecular formula is C35H51N3O4S. The summed E-state index contributed by atoms with van der Waals surface area (Å²) in [7, 11) is 1.75. The molecule has 3 fully saturated rings. The van der Waals surface area contributed by atoms with E-state index in [-0.39, 0.29) is 40.9 Å². The Hall–Kier alpha value is -2.58. The third-order valence-electron chi connectivity index (χ3n) is 9.67. The summed E-state index contributed by atoms with van der Waals surface area (Å²) in [6, 6.07) is 8.37. The summed E-state index contributed by atoms with van der Waals surface area (Å²) in [6.07, 6.45) is 5.38. The zero-order chi connectivity index (χ0) is 31.9. The van der Waals surface area contributed by atoms with Crippen molar-refractivity contribution in [2.45, 2.75) is 88.4 Å². The molecule has 8 heteroatoms. The second kappa shape index (κ2) is 12.4. The Labute approximate surface area is 262 Å². The number of likely N-dealkylation sites (N-methyl/N-ethyl adjacent to an activating group) is 1. The van der Waals surface area contributed by atoms with Crippen molar-refractivity contribution in [3.05, 3.63) is 61.2 Å². The van der Waals surface area contributed by atoms with E-state index in [1.54, 1.807) is 40.8 Å². The van der Waals surface area contributed by atoms with Gasteiger partial charge in [-0.25, -0.2) is 0 Å². The third kappa shape index (κ3) is 5.94. The number of likely N-dealkylation sites (tertiary alicyclic amines) is 1. The molecule has 0 aliphatic carbocycles. The number of nitrogens with zero attached hydrogens (tertiary/aromatic N) is 3. The number of rotatable bonds is 12. The van der Waals surface area contributed by atoms with Gasteiger partial charge < -0.3 is 19.8 Å². The van der Waals surface area contributed by atoms with E-state index in [9.17, 15) is 14.7 Å². The van der Waals surface area contributed by atoms with E-state index in [0.717, 1.165) is 18.4 Å². The van der Waals surface area contributed by atoms with Gasteiger partial charge in [0, 0.05) is 30.9 Å². The highest BCUT2D eigenvalue weighted by molar-refractivity contribution is 8.02. The quantitative estimate of drug-likeness (QED) is 0.345. The lowest BCUT2D eigenvalue weighted by atomic mass is 9.65. The topological polar surface area (TPSA) is 81.2 Å². The average Bonchev–Trinajstić information content (AvgIpc) is 3.52. The van der Waals surface area contributed by atoms with Crippen molar-refractivity contribution in [1.82, 2.24) is 14.7 Å². The normalized spacial score (nSPS) is 28.9. The van der Waals surface area contributed by atoms with Crippen LogP contribution in [-0.4, -0.2) is 91.9 Å². The van der Waals surface area contributed by atoms with Crippen LogP contribution in [0.15, 0.2) is 55.6 Å². The second-order valence-corrected chi connectivity index (χ2v) is 16.2. The van der Waals surface area contributed by atoms with Crippen molar-refractivity contribution in [1.29, 1.82) is 0 Å². The first kappa shape index (κ1) is 33.3. The van der Waals surface area contributed by atoms with Gasteiger partial charge in [-0.2, -0.15) is 0 Å². The minimum absolute atomic E-state index is 0.0385. The predicted molar refractivity (Wildman–Crippen MR) is 174 cm³/mol. The lowest BCUT2D eigenvalue weighted by Crippen LogP contribution is -2.63. The van der Waals surface area contributed by atoms with Gasteiger partial charge in [-0.15, -0.1) is 24.9 Å². The second-order valence-electron chi connectivity index (χ2n) is 14.6. The van der Waals surface area contributed by atoms with Crippen molar-refractivity contribution < 1.29 is 19.5 Å². The molecule has 0 saturated carbocycles. The Morgan fingerprint density at radius 3 is 2.30 bits per heavy atom. The maximum atomic E-state index is 15.2. The van der Waals surface area contributed by atoms with Gasteiger partial charge in [-0.05, 0) is 50.0 Å². The van der Waals surface area contributed by atoms with E-state index in [2.05, 4.69) is 54.7 Å². The SMILES string of the molecule is C=CCN(C)C(=O)[C@@H]1[C@@H]2CC(C)C3(S2)C(C(=O)N(CC=C)C(C)(C)CC(C)(C)C)N([C@@H](CO)Cc2ccccc2)C(=O)[C@H]13. The van der Waals surface area contributed by atoms with Crippen molar-refractivity contribution >= 4 is 29.5 Å². The molecule has 3 saturated heterocycles. The van der Waals surface area contributed by atoms with E-state index < -0.39 is 34.2 Å². The molecule has 1 spiro atoms. The fourth-order valence-electron chi connectivity index (χ4n) is 8.39. The first-order chi connectivity index (χ1) is 20.1. The maximum Gasteiger partial charge on any atom is 0.247 e. The molecule has 3 amide bonds. The Morgan fingerprint density at radius 1 is 1.12 bits per heavy atom. The average molecular weight is 610 g/mol. The highest BCUT2D eigenvalue weighted by atomic mass is 32.2. The molecule has 4 rings (SSSR count). The van der Waals surface area contributed by atoms with E-state index >= 15 is 4.79 Å². The van der Waals surface area contributed by atoms with Crippen molar-refractivity contribution in [3.63, 3.8) is 0 Å². The summed E-state index contributed by atoms with van der Waals surface area (Å²) in [5, 5.41) is 10.8. The van der Waals surface area contributed by atoms with Gasteiger partial charge >= 0.3 is 0 Å². The van der Waals surface area contributed by atoms with E-state index in [4.69, 9.17) is 0 Å². The summed E-state index contributed by atoms with van der Waals surface area (Å²) >= 11 is 1.68. The molecule has 3 aliphatic rings. The minimum Gasteiger partial charge on any atom is -0.394 e. The van der Waals surface area contributed by atoms with Crippen molar-refractivity contribution in [3.8, 4) is 0 Å². The van der Waals surface area contributed by atoms with Crippen LogP contribution in [-0.2, 0) is 20.8 Å². The van der Waals surface area contributed by atoms with Gasteiger partial charge in [-0.3, -0.25) is 14.4 Å². The number of thioether (sulfide) groups is 1. The zero-order valence-electron chi connectivity index (χ0n) is 27.1. The molecule has 1 aromatic carbocycles. The van der Waals surface area contributed by atoms with Crippen LogP contribution in [0.2, 0.25) is 0 Å². The Kier molecular flexibility index (Phi) is 9.63. The first-order valence-corrected chi connectivity index (χ1v) is 16.5. The number of hydrogen-bond donors (Lipinski definition) is 1. The number of carbonyl (C=O) groups excluding carboxylic acids is 3. The Balaban J connectivity index is 1.87. The summed E-state index contributed by atoms with van der Waals surface area (Å²) in [5.74, 6) is -1.50. The monoisotopic (exact) mass is 609 g/mol. The van der Waals surface area contributed by atoms with Crippen molar-refractivity contribution in [2.75, 3.05) is 26.7 Å². The molecule has 0 radical (unpaired) electrons. The van der Waals surface area contributed by atoms with E-state index in [1.165, 1.54) is 0 Å². The van der Waals surface area contributed by atoms with Gasteiger partial charge in [0.2, 0.25) is 17.7 Å². The molecule has 7 atom stereocenters. The number of carbonyl (C=O) groups is 3. The summed E-state index contributed by atoms with van der Waals surface area (Å²) in [4.78, 5) is 49.1. The van der Waals surface area contributed by atoms with Crippen LogP contribution in [0.3, 0.4) is 0 Å². The largest absolute Gasteiger partial charge is 0.394 e. The van der Waals surface area contributed by atoms with Crippen LogP contribution in [0.25, 0.3) is 0 Å². The molecule has 1 aromatic rings. The molecule has 43 heavy (non-hydrogen) atoms. The smallest absolute Gasteiger partial charge is 0.247 e. The Morgan fingerprint density at radius 2 is 1.74 bits per heavy atom. The van der Waals surface area contributed by atoms with Gasteiger partial charge in [0.15, 0.2) is 0 Å². The molecule has 236 valence electrons. The van der Waals surface area contributed by atoms with Gasteiger partial charge in [0.1, 0.15) is 6.04 Å². The van der Waals surface area contributed by atoms with E-state index in [1.807, 2.05) is 35.2 Å². The zero-order valence-corrected chi connectivity index (χ0v) is 27.9. The van der Waals surface area contributed by atoms with Gasteiger partial charge in [0.05, 0.1) is 29.2 Å². The first-order valence-electron chi connectivity index (χ1n) is 15.6. The van der Waals surface area contributed by atoms with E-state index in [0.29, 0.717) is 19.5 Å². The molecular weight excluding hydrogens is 558 g/mol. The lowest BCUT2D eigenvalue weighted by molar-refractivity contribution is -0.149. The number of amides is 3. The number of aliphatic hydroxyl groups excluding tert-OH is 1. The molecule has 3 heterocycles. The lowest BCUT2D eigenvalue weighted by Gasteiger charge is -2.47. The highest BCUT2D eigenvalue weighted by Crippen LogP contribution is 2.69. The molecule has 2 bridgehead atoms. The van der Waals surface area contributed by atoms with Crippen LogP contribution in [0.5, 0.6) is 0 Å². The standard InChI is InChI=1S/C35H51N3O4S/c1-10-17-36(9)30(40)27-26-19-23(3)35(43-26)28(27)31(41)38(25(21-39)20-24-15-13-12-14-16-24)29(35)32(42)37(18-11-2)34(7,8)22-33(4,5)6/h10-16,23,25-29,39H,1-2,17-22H2,3-9H3/t23?,25-,26+,27-,28+,29?,35?/m1/s1. The highest BCUT2D eigenvalue weighted by Gasteiger charge is 2.77. The van der Waals surface area contributed by atoms with Gasteiger partial charge in [-0.1, -0.05) is 70.2 Å². The minimum atomic E-state index is -0.808. The fourth-order valence-corrected chi connectivity index (χ4v) is 10.8. The number of fused-ring (bicyclic) bond motifs is 1. The number of hydrogen-bond acceptors (Lipinski definition) is 5. The third-order valence-corrected chi connectivity index (χ3v) is 11.7. The predicted octanol–water partition coefficient (Wildman–Crippen LogP) is 4.80. The molecule has 3 unspecified atom stereocenters. The Bertz CT molecular complexity index is 1230. The summed E-state index contributed by atoms with van der Waals surface area (Å²) in [6.45, 7) is 21.0. The molecule has 0 aromatic heterocycles. The molecule has 1 N–H and O–H groups in total. The molecule has 7 nitrogen and oxygen atoms in total. The van der Waals surface area contributed by atoms with Crippen LogP contribution < -0.4 is 0 Å². The fraction of sp³-hybridized carbons (Fsp3) is 0.629. The number of benzene rings is 1. The van der Waals surface area contributed by atoms with Gasteiger partial charge in [0.25, 0.3) is 0 Å². The van der Waals surface area contributed by atoms with Crippen LogP contribution in [0, 0.1) is 23.2 Å². The van der Waals surface area contributed by atoms with Crippen molar-refractivity contribution in [2.24, 2.45) is 23.2 Å². The summed E-state index contributed by atoms with van der Waals surface area (Å²) < 4.78 is -0.768. The summed E-state index contributed by atoms with van der Waals surface area (Å²) in [5.41, 5.74) is 0.414.